The third-order valence-electron chi connectivity index (χ3n) is 10.5. The fraction of sp³-hybridized carbons (Fsp3) is 0.958. The van der Waals surface area contributed by atoms with Crippen LogP contribution in [-0.2, 0) is 4.12 Å². The molecule has 1 aliphatic rings. The number of rotatable bonds is 9. The zero-order chi connectivity index (χ0) is 24.1. The quantitative estimate of drug-likeness (QED) is 0.287. The first-order valence-corrected chi connectivity index (χ1v) is 26.3. The van der Waals surface area contributed by atoms with E-state index < -0.39 is 41.2 Å². The van der Waals surface area contributed by atoms with Crippen molar-refractivity contribution in [2.75, 3.05) is 0 Å². The van der Waals surface area contributed by atoms with Gasteiger partial charge in [-0.05, 0) is 37.0 Å². The molecule has 1 aliphatic heterocycles. The van der Waals surface area contributed by atoms with E-state index in [1.807, 2.05) is 4.79 Å². The van der Waals surface area contributed by atoms with Gasteiger partial charge >= 0.3 is 0 Å². The fourth-order valence-corrected chi connectivity index (χ4v) is 37.4. The van der Waals surface area contributed by atoms with Crippen molar-refractivity contribution in [2.45, 2.75) is 147 Å². The monoisotopic (exact) mass is 500 g/mol. The highest BCUT2D eigenvalue weighted by Gasteiger charge is 2.66. The second kappa shape index (κ2) is 9.18. The van der Waals surface area contributed by atoms with Gasteiger partial charge in [0.05, 0.1) is 24.2 Å². The molecule has 178 valence electrons. The van der Waals surface area contributed by atoms with Crippen LogP contribution >= 0.6 is 0 Å². The number of hydrogen-bond acceptors (Lipinski definition) is 1. The Bertz CT molecular complexity index is 622. The lowest BCUT2D eigenvalue weighted by atomic mass is 10.4. The Morgan fingerprint density at radius 1 is 0.667 bits per heavy atom. The molecule has 1 rings (SSSR count). The van der Waals surface area contributed by atoms with E-state index >= 15 is 0 Å². The van der Waals surface area contributed by atoms with Gasteiger partial charge in [0.1, 0.15) is 0 Å². The summed E-state index contributed by atoms with van der Waals surface area (Å²) in [5.74, 6) is 0. The second-order valence-corrected chi connectivity index (χ2v) is 39.1. The van der Waals surface area contributed by atoms with Crippen LogP contribution < -0.4 is 0 Å². The minimum Gasteiger partial charge on any atom is -0.605 e. The van der Waals surface area contributed by atoms with Gasteiger partial charge in [0.25, 0.3) is 0 Å². The standard InChI is InChI=1S/C24H56OSi5/c1-19(2)27(9,10)23-17-18-24(28(11,12)20(3)4,29(13,14)21(5)6)26(23)25-30(15,16)22(7)8/h19-22H,17-18H2,1-16H3. The number of hydrogen-bond donors (Lipinski definition) is 0. The van der Waals surface area contributed by atoms with Crippen LogP contribution in [0.1, 0.15) is 68.2 Å². The SMILES string of the molecule is CC(C)[Si](C)(C)O[Si]1=C([Si](C)(C)C(C)C)CCC1([Si](C)(C)C(C)C)[Si](C)(C)C(C)C. The van der Waals surface area contributed by atoms with E-state index in [2.05, 4.69) is 108 Å². The molecule has 1 heterocycles. The topological polar surface area (TPSA) is 9.23 Å². The van der Waals surface area contributed by atoms with E-state index in [9.17, 15) is 0 Å². The summed E-state index contributed by atoms with van der Waals surface area (Å²) in [4.78, 5) is 2.01. The predicted octanol–water partition coefficient (Wildman–Crippen LogP) is 8.87. The van der Waals surface area contributed by atoms with Gasteiger partial charge in [0, 0.05) is 4.28 Å². The minimum absolute atomic E-state index is 0.542. The van der Waals surface area contributed by atoms with Crippen LogP contribution in [0.5, 0.6) is 0 Å². The molecule has 0 aromatic carbocycles. The summed E-state index contributed by atoms with van der Waals surface area (Å²) < 4.78 is 8.25. The summed E-state index contributed by atoms with van der Waals surface area (Å²) in [6, 6.07) is 0. The van der Waals surface area contributed by atoms with Crippen LogP contribution in [0.4, 0.5) is 0 Å². The van der Waals surface area contributed by atoms with Crippen molar-refractivity contribution >= 4 is 46.0 Å². The van der Waals surface area contributed by atoms with Crippen LogP contribution in [0.15, 0.2) is 0 Å². The van der Waals surface area contributed by atoms with E-state index in [1.54, 1.807) is 0 Å². The van der Waals surface area contributed by atoms with Crippen molar-refractivity contribution in [3.63, 3.8) is 0 Å². The van der Waals surface area contributed by atoms with Gasteiger partial charge in [-0.1, -0.05) is 111 Å². The Labute approximate surface area is 196 Å². The van der Waals surface area contributed by atoms with Gasteiger partial charge in [0.2, 0.25) is 17.0 Å². The predicted molar refractivity (Wildman–Crippen MR) is 154 cm³/mol. The molecule has 6 heteroatoms. The Morgan fingerprint density at radius 3 is 1.37 bits per heavy atom. The van der Waals surface area contributed by atoms with Gasteiger partial charge in [-0.3, -0.25) is 0 Å². The summed E-state index contributed by atoms with van der Waals surface area (Å²) in [6.07, 6.45) is 2.84. The molecule has 0 bridgehead atoms. The van der Waals surface area contributed by atoms with Gasteiger partial charge in [0.15, 0.2) is 0 Å². The molecule has 0 saturated carbocycles. The van der Waals surface area contributed by atoms with Gasteiger partial charge in [-0.25, -0.2) is 0 Å². The Morgan fingerprint density at radius 2 is 1.07 bits per heavy atom. The summed E-state index contributed by atoms with van der Waals surface area (Å²) in [5, 5.41) is 0. The maximum absolute atomic E-state index is 7.71. The molecule has 0 amide bonds. The third-order valence-corrected chi connectivity index (χ3v) is 45.1. The minimum atomic E-state index is -1.73. The molecule has 30 heavy (non-hydrogen) atoms. The van der Waals surface area contributed by atoms with Crippen LogP contribution in [-0.4, -0.2) is 46.0 Å². The average molecular weight is 501 g/mol. The van der Waals surface area contributed by atoms with Gasteiger partial charge in [-0.2, -0.15) is 0 Å². The van der Waals surface area contributed by atoms with Crippen molar-refractivity contribution in [3.8, 4) is 0 Å². The zero-order valence-corrected chi connectivity index (χ0v) is 28.6. The molecule has 0 radical (unpaired) electrons. The van der Waals surface area contributed by atoms with E-state index in [0.29, 0.717) is 9.83 Å². The van der Waals surface area contributed by atoms with E-state index in [1.165, 1.54) is 12.8 Å². The van der Waals surface area contributed by atoms with E-state index in [4.69, 9.17) is 4.12 Å². The summed E-state index contributed by atoms with van der Waals surface area (Å²) >= 11 is 0. The van der Waals surface area contributed by atoms with Gasteiger partial charge < -0.3 is 4.12 Å². The van der Waals surface area contributed by atoms with Crippen LogP contribution in [0.3, 0.4) is 0 Å². The molecular formula is C24H56OSi5. The first-order chi connectivity index (χ1) is 13.2. The zero-order valence-electron chi connectivity index (χ0n) is 23.6. The Hall–Kier alpha value is 0.754. The lowest BCUT2D eigenvalue weighted by molar-refractivity contribution is 0.544. The van der Waals surface area contributed by atoms with Crippen molar-refractivity contribution in [3.05, 3.63) is 0 Å². The molecule has 0 spiro atoms. The lowest BCUT2D eigenvalue weighted by Crippen LogP contribution is -2.66. The molecule has 1 nitrogen and oxygen atoms in total. The Balaban J connectivity index is 4.06. The lowest BCUT2D eigenvalue weighted by Gasteiger charge is -2.58. The maximum atomic E-state index is 7.71. The fourth-order valence-electron chi connectivity index (χ4n) is 5.34. The molecule has 0 aliphatic carbocycles. The summed E-state index contributed by atoms with van der Waals surface area (Å²) in [5.41, 5.74) is 3.13. The second-order valence-electron chi connectivity index (χ2n) is 13.7. The Kier molecular flexibility index (Phi) is 8.81. The molecule has 0 atom stereocenters. The smallest absolute Gasteiger partial charge is 0.228 e. The molecular weight excluding hydrogens is 445 g/mol. The maximum Gasteiger partial charge on any atom is 0.228 e. The first-order valence-electron chi connectivity index (χ1n) is 12.6. The molecule has 0 N–H and O–H groups in total. The van der Waals surface area contributed by atoms with E-state index in [0.717, 1.165) is 16.6 Å². The highest BCUT2D eigenvalue weighted by molar-refractivity contribution is 7.24. The molecule has 0 aromatic heterocycles. The summed E-state index contributed by atoms with van der Waals surface area (Å²) in [6.45, 7) is 41.5. The largest absolute Gasteiger partial charge is 0.605 e. The molecule has 0 unspecified atom stereocenters. The van der Waals surface area contributed by atoms with Crippen LogP contribution in [0.2, 0.25) is 78.8 Å². The molecule has 0 saturated heterocycles. The summed E-state index contributed by atoms with van der Waals surface area (Å²) in [7, 11) is -7.26. The van der Waals surface area contributed by atoms with E-state index in [-0.39, 0.29) is 0 Å². The van der Waals surface area contributed by atoms with Crippen molar-refractivity contribution in [1.29, 1.82) is 0 Å². The highest BCUT2D eigenvalue weighted by atomic mass is 28.5. The first kappa shape index (κ1) is 28.8. The van der Waals surface area contributed by atoms with Gasteiger partial charge in [-0.15, -0.1) is 0 Å². The highest BCUT2D eigenvalue weighted by Crippen LogP contribution is 2.61. The van der Waals surface area contributed by atoms with Crippen molar-refractivity contribution in [2.24, 2.45) is 0 Å². The van der Waals surface area contributed by atoms with Crippen molar-refractivity contribution < 1.29 is 4.12 Å². The normalized spacial score (nSPS) is 19.1. The third kappa shape index (κ3) is 4.55. The molecule has 0 aromatic rings. The average Bonchev–Trinajstić information content (AvgIpc) is 2.95. The van der Waals surface area contributed by atoms with Crippen LogP contribution in [0.25, 0.3) is 0 Å². The molecule has 0 fully saturated rings. The van der Waals surface area contributed by atoms with Crippen LogP contribution in [0, 0.1) is 0 Å². The van der Waals surface area contributed by atoms with Crippen molar-refractivity contribution in [1.82, 2.24) is 0 Å².